The first-order valence-electron chi connectivity index (χ1n) is 10.7. The number of hydrogen-bond donors (Lipinski definition) is 1. The molecule has 0 aliphatic carbocycles. The first kappa shape index (κ1) is 21.3. The van der Waals surface area contributed by atoms with Crippen molar-refractivity contribution in [2.75, 3.05) is 11.9 Å². The molecule has 1 aromatic heterocycles. The topological polar surface area (TPSA) is 71.0 Å². The minimum absolute atomic E-state index is 0.0470. The number of anilines is 1. The third-order valence-electron chi connectivity index (χ3n) is 6.04. The van der Waals surface area contributed by atoms with Gasteiger partial charge in [0.1, 0.15) is 5.82 Å². The first-order chi connectivity index (χ1) is 16.0. The zero-order valence-electron chi connectivity index (χ0n) is 18.0. The molecule has 5 rings (SSSR count). The number of carbonyl (C=O) groups is 2. The fourth-order valence-corrected chi connectivity index (χ4v) is 5.05. The van der Waals surface area contributed by atoms with Crippen LogP contribution in [-0.4, -0.2) is 35.1 Å². The van der Waals surface area contributed by atoms with Gasteiger partial charge in [0.05, 0.1) is 5.71 Å². The molecule has 168 valence electrons. The van der Waals surface area contributed by atoms with Gasteiger partial charge in [-0.15, -0.1) is 11.3 Å². The number of fused-ring (bicyclic) bond motifs is 1. The van der Waals surface area contributed by atoms with E-state index >= 15 is 0 Å². The fraction of sp³-hybridized carbons (Fsp3) is 0.240. The van der Waals surface area contributed by atoms with Crippen molar-refractivity contribution in [2.45, 2.75) is 32.4 Å². The minimum atomic E-state index is -0.818. The summed E-state index contributed by atoms with van der Waals surface area (Å²) in [6.45, 7) is 3.11. The van der Waals surface area contributed by atoms with Crippen LogP contribution in [0.5, 0.6) is 0 Å². The van der Waals surface area contributed by atoms with Crippen LogP contribution in [0.1, 0.15) is 38.3 Å². The van der Waals surface area contributed by atoms with Crippen LogP contribution < -0.4 is 5.32 Å². The Morgan fingerprint density at radius 2 is 2.06 bits per heavy atom. The van der Waals surface area contributed by atoms with Crippen LogP contribution in [0.3, 0.4) is 0 Å². The van der Waals surface area contributed by atoms with E-state index in [0.717, 1.165) is 6.42 Å². The molecule has 1 atom stereocenters. The summed E-state index contributed by atoms with van der Waals surface area (Å²) in [5.74, 6) is -0.780. The Hall–Kier alpha value is -3.52. The van der Waals surface area contributed by atoms with E-state index in [9.17, 15) is 14.0 Å². The highest BCUT2D eigenvalue weighted by Crippen LogP contribution is 2.27. The molecule has 3 heterocycles. The maximum atomic E-state index is 13.5. The van der Waals surface area contributed by atoms with Crippen molar-refractivity contribution in [3.63, 3.8) is 0 Å². The van der Waals surface area contributed by atoms with Crippen LogP contribution >= 0.6 is 11.3 Å². The minimum Gasteiger partial charge on any atom is -0.382 e. The highest BCUT2D eigenvalue weighted by Gasteiger charge is 2.30. The quantitative estimate of drug-likeness (QED) is 0.618. The number of carbonyl (C=O) groups excluding carboxylic acids is 2. The van der Waals surface area contributed by atoms with Crippen molar-refractivity contribution < 1.29 is 18.8 Å². The predicted octanol–water partition coefficient (Wildman–Crippen LogP) is 4.53. The average molecular weight is 464 g/mol. The molecule has 0 saturated heterocycles. The van der Waals surface area contributed by atoms with Gasteiger partial charge in [-0.2, -0.15) is 0 Å². The summed E-state index contributed by atoms with van der Waals surface area (Å²) in [6.07, 6.45) is 0.283. The number of oxime groups is 1. The number of rotatable bonds is 4. The van der Waals surface area contributed by atoms with Gasteiger partial charge in [-0.3, -0.25) is 9.59 Å². The number of nitrogens with zero attached hydrogens (tertiary/aromatic N) is 2. The molecule has 1 N–H and O–H groups in total. The largest absolute Gasteiger partial charge is 0.382 e. The van der Waals surface area contributed by atoms with Crippen molar-refractivity contribution in [1.82, 2.24) is 4.90 Å². The van der Waals surface area contributed by atoms with Gasteiger partial charge in [0.15, 0.2) is 0 Å². The summed E-state index contributed by atoms with van der Waals surface area (Å²) in [5, 5.41) is 8.89. The maximum absolute atomic E-state index is 13.5. The molecular weight excluding hydrogens is 441 g/mol. The molecule has 8 heteroatoms. The zero-order valence-corrected chi connectivity index (χ0v) is 18.8. The molecule has 0 saturated carbocycles. The predicted molar refractivity (Wildman–Crippen MR) is 125 cm³/mol. The lowest BCUT2D eigenvalue weighted by molar-refractivity contribution is -0.125. The van der Waals surface area contributed by atoms with E-state index in [1.807, 2.05) is 11.8 Å². The highest BCUT2D eigenvalue weighted by molar-refractivity contribution is 7.10. The Morgan fingerprint density at radius 1 is 1.21 bits per heavy atom. The van der Waals surface area contributed by atoms with Crippen LogP contribution in [0.25, 0.3) is 0 Å². The van der Waals surface area contributed by atoms with Crippen molar-refractivity contribution >= 4 is 34.6 Å². The van der Waals surface area contributed by atoms with E-state index in [-0.39, 0.29) is 24.1 Å². The number of hydrogen-bond acceptors (Lipinski definition) is 5. The van der Waals surface area contributed by atoms with Crippen LogP contribution in [0, 0.1) is 12.7 Å². The lowest BCUT2D eigenvalue weighted by atomic mass is 10.0. The van der Waals surface area contributed by atoms with E-state index in [2.05, 4.69) is 21.9 Å². The number of nitrogens with one attached hydrogen (secondary N) is 1. The molecule has 0 spiro atoms. The van der Waals surface area contributed by atoms with Gasteiger partial charge in [-0.25, -0.2) is 4.39 Å². The van der Waals surface area contributed by atoms with E-state index in [1.165, 1.54) is 22.6 Å². The molecule has 0 bridgehead atoms. The Balaban J connectivity index is 1.27. The van der Waals surface area contributed by atoms with E-state index in [0.29, 0.717) is 41.2 Å². The Morgan fingerprint density at radius 3 is 2.91 bits per heavy atom. The molecule has 2 aliphatic heterocycles. The molecule has 1 unspecified atom stereocenters. The lowest BCUT2D eigenvalue weighted by Crippen LogP contribution is -2.36. The summed E-state index contributed by atoms with van der Waals surface area (Å²) in [4.78, 5) is 34.5. The van der Waals surface area contributed by atoms with Crippen LogP contribution in [0.2, 0.25) is 0 Å². The molecule has 2 aromatic carbocycles. The molecule has 33 heavy (non-hydrogen) atoms. The Bertz CT molecular complexity index is 1270. The number of amides is 2. The van der Waals surface area contributed by atoms with E-state index < -0.39 is 6.10 Å². The summed E-state index contributed by atoms with van der Waals surface area (Å²) in [6, 6.07) is 13.4. The van der Waals surface area contributed by atoms with Crippen LogP contribution in [-0.2, 0) is 22.6 Å². The second-order valence-electron chi connectivity index (χ2n) is 8.16. The third kappa shape index (κ3) is 4.26. The van der Waals surface area contributed by atoms with Gasteiger partial charge in [0.2, 0.25) is 6.10 Å². The second kappa shape index (κ2) is 8.78. The summed E-state index contributed by atoms with van der Waals surface area (Å²) >= 11 is 1.73. The van der Waals surface area contributed by atoms with Crippen molar-refractivity contribution in [1.29, 1.82) is 0 Å². The van der Waals surface area contributed by atoms with Crippen LogP contribution in [0.4, 0.5) is 10.1 Å². The maximum Gasteiger partial charge on any atom is 0.268 e. The van der Waals surface area contributed by atoms with Crippen molar-refractivity contribution in [2.24, 2.45) is 5.16 Å². The van der Waals surface area contributed by atoms with E-state index in [1.54, 1.807) is 41.7 Å². The molecule has 6 nitrogen and oxygen atoms in total. The molecule has 2 aliphatic rings. The number of halogens is 1. The van der Waals surface area contributed by atoms with Gasteiger partial charge in [-0.05, 0) is 60.2 Å². The van der Waals surface area contributed by atoms with Crippen molar-refractivity contribution in [3.8, 4) is 0 Å². The normalized spacial score (nSPS) is 17.2. The lowest BCUT2D eigenvalue weighted by Gasteiger charge is -2.28. The number of thiophene rings is 1. The standard InChI is InChI=1S/C25H22FN3O3S/c1-15-19(25(31)29-10-8-23-17(14-29)9-11-33-23)6-3-7-20(15)27-24(30)22-13-21(28-32-22)16-4-2-5-18(26)12-16/h2-7,9,11-12,22H,8,10,13-14H2,1H3,(H,27,30). The van der Waals surface area contributed by atoms with Crippen molar-refractivity contribution in [3.05, 3.63) is 86.9 Å². The second-order valence-corrected chi connectivity index (χ2v) is 9.16. The van der Waals surface area contributed by atoms with Gasteiger partial charge in [-0.1, -0.05) is 23.4 Å². The molecule has 3 aromatic rings. The van der Waals surface area contributed by atoms with Crippen LogP contribution in [0.15, 0.2) is 59.1 Å². The van der Waals surface area contributed by atoms with Gasteiger partial charge in [0.25, 0.3) is 11.8 Å². The summed E-state index contributed by atoms with van der Waals surface area (Å²) in [5.41, 5.74) is 4.14. The summed E-state index contributed by atoms with van der Waals surface area (Å²) < 4.78 is 13.5. The zero-order chi connectivity index (χ0) is 22.9. The van der Waals surface area contributed by atoms with Gasteiger partial charge < -0.3 is 15.1 Å². The first-order valence-corrected chi connectivity index (χ1v) is 11.6. The Labute approximate surface area is 194 Å². The van der Waals surface area contributed by atoms with E-state index in [4.69, 9.17) is 4.84 Å². The molecule has 0 radical (unpaired) electrons. The average Bonchev–Trinajstić information content (AvgIpc) is 3.49. The monoisotopic (exact) mass is 463 g/mol. The Kier molecular flexibility index (Phi) is 5.68. The SMILES string of the molecule is Cc1c(NC(=O)C2CC(c3cccc(F)c3)=NO2)cccc1C(=O)N1CCc2sccc2C1. The smallest absolute Gasteiger partial charge is 0.268 e. The number of benzene rings is 2. The van der Waals surface area contributed by atoms with Gasteiger partial charge >= 0.3 is 0 Å². The summed E-state index contributed by atoms with van der Waals surface area (Å²) in [7, 11) is 0. The third-order valence-corrected chi connectivity index (χ3v) is 7.06. The molecular formula is C25H22FN3O3S. The van der Waals surface area contributed by atoms with Gasteiger partial charge in [0, 0.05) is 41.2 Å². The highest BCUT2D eigenvalue weighted by atomic mass is 32.1. The molecule has 0 fully saturated rings. The fourth-order valence-electron chi connectivity index (χ4n) is 4.16. The molecule has 2 amide bonds.